The Morgan fingerprint density at radius 1 is 1.22 bits per heavy atom. The molecule has 0 aliphatic heterocycles. The number of nitrogens with one attached hydrogen (secondary N) is 1. The summed E-state index contributed by atoms with van der Waals surface area (Å²) in [7, 11) is 0. The first-order valence-corrected chi connectivity index (χ1v) is 6.79. The Morgan fingerprint density at radius 3 is 2.67 bits per heavy atom. The molecule has 3 nitrogen and oxygen atoms in total. The van der Waals surface area contributed by atoms with Crippen LogP contribution in [0, 0.1) is 17.8 Å². The van der Waals surface area contributed by atoms with E-state index in [4.69, 9.17) is 4.74 Å². The summed E-state index contributed by atoms with van der Waals surface area (Å²) in [6, 6.07) is 9.76. The van der Waals surface area contributed by atoms with Gasteiger partial charge in [0.2, 0.25) is 0 Å². The van der Waals surface area contributed by atoms with Gasteiger partial charge in [0.05, 0.1) is 0 Å². The smallest absolute Gasteiger partial charge is 0.407 e. The van der Waals surface area contributed by atoms with E-state index in [-0.39, 0.29) is 6.09 Å². The van der Waals surface area contributed by atoms with Crippen molar-refractivity contribution in [3.05, 3.63) is 35.9 Å². The molecular formula is C15H19NO2. The van der Waals surface area contributed by atoms with Crippen molar-refractivity contribution in [1.82, 2.24) is 5.32 Å². The first-order chi connectivity index (χ1) is 8.84. The van der Waals surface area contributed by atoms with Crippen LogP contribution in [0.3, 0.4) is 0 Å². The zero-order chi connectivity index (χ0) is 12.4. The molecule has 1 unspecified atom stereocenters. The normalized spacial score (nSPS) is 28.6. The number of hydrogen-bond acceptors (Lipinski definition) is 2. The molecule has 96 valence electrons. The molecule has 2 saturated carbocycles. The average molecular weight is 245 g/mol. The fourth-order valence-corrected chi connectivity index (χ4v) is 3.25. The first-order valence-electron chi connectivity index (χ1n) is 6.79. The Hall–Kier alpha value is -1.51. The molecule has 3 heteroatoms. The van der Waals surface area contributed by atoms with Crippen molar-refractivity contribution in [3.63, 3.8) is 0 Å². The second kappa shape index (κ2) is 5.01. The second-order valence-electron chi connectivity index (χ2n) is 5.37. The Labute approximate surface area is 108 Å². The Morgan fingerprint density at radius 2 is 1.94 bits per heavy atom. The molecule has 1 amide bonds. The number of ether oxygens (including phenoxy) is 1. The van der Waals surface area contributed by atoms with Gasteiger partial charge in [-0.15, -0.1) is 0 Å². The number of benzene rings is 1. The minimum Gasteiger partial charge on any atom is -0.445 e. The van der Waals surface area contributed by atoms with E-state index in [9.17, 15) is 4.79 Å². The molecule has 18 heavy (non-hydrogen) atoms. The van der Waals surface area contributed by atoms with Crippen molar-refractivity contribution >= 4 is 6.09 Å². The van der Waals surface area contributed by atoms with Gasteiger partial charge >= 0.3 is 6.09 Å². The highest BCUT2D eigenvalue weighted by Gasteiger charge is 2.52. The van der Waals surface area contributed by atoms with Crippen LogP contribution in [0.15, 0.2) is 30.3 Å². The van der Waals surface area contributed by atoms with E-state index in [0.29, 0.717) is 6.61 Å². The van der Waals surface area contributed by atoms with Gasteiger partial charge in [-0.2, -0.15) is 0 Å². The van der Waals surface area contributed by atoms with Crippen molar-refractivity contribution in [1.29, 1.82) is 0 Å². The van der Waals surface area contributed by atoms with Gasteiger partial charge in [0.25, 0.3) is 0 Å². The summed E-state index contributed by atoms with van der Waals surface area (Å²) in [5.41, 5.74) is 1.02. The number of alkyl carbamates (subject to hydrolysis) is 1. The van der Waals surface area contributed by atoms with Gasteiger partial charge in [0.15, 0.2) is 0 Å². The molecule has 3 rings (SSSR count). The van der Waals surface area contributed by atoms with E-state index in [1.165, 1.54) is 19.3 Å². The lowest BCUT2D eigenvalue weighted by Crippen LogP contribution is -2.27. The van der Waals surface area contributed by atoms with Crippen molar-refractivity contribution in [3.8, 4) is 0 Å². The molecule has 0 heterocycles. The minimum atomic E-state index is -0.288. The third kappa shape index (κ3) is 2.50. The van der Waals surface area contributed by atoms with E-state index in [1.54, 1.807) is 0 Å². The highest BCUT2D eigenvalue weighted by molar-refractivity contribution is 5.67. The van der Waals surface area contributed by atoms with Gasteiger partial charge < -0.3 is 10.1 Å². The molecule has 0 radical (unpaired) electrons. The molecule has 1 N–H and O–H groups in total. The van der Waals surface area contributed by atoms with E-state index in [1.807, 2.05) is 30.3 Å². The zero-order valence-corrected chi connectivity index (χ0v) is 10.5. The van der Waals surface area contributed by atoms with Gasteiger partial charge in [-0.05, 0) is 36.2 Å². The molecule has 1 aromatic rings. The zero-order valence-electron chi connectivity index (χ0n) is 10.5. The van der Waals surface area contributed by atoms with Crippen LogP contribution in [0.1, 0.15) is 24.8 Å². The molecule has 0 spiro atoms. The fraction of sp³-hybridized carbons (Fsp3) is 0.533. The third-order valence-electron chi connectivity index (χ3n) is 4.28. The summed E-state index contributed by atoms with van der Waals surface area (Å²) in [6.07, 6.45) is 3.81. The number of rotatable bonds is 4. The summed E-state index contributed by atoms with van der Waals surface area (Å²) in [4.78, 5) is 11.5. The summed E-state index contributed by atoms with van der Waals surface area (Å²) in [5.74, 6) is 2.50. The number of carbonyl (C=O) groups excluding carboxylic acids is 1. The highest BCUT2D eigenvalue weighted by Crippen LogP contribution is 2.56. The maximum absolute atomic E-state index is 11.5. The Bertz CT molecular complexity index is 408. The SMILES string of the molecule is O=C(NCC1[C@H]2CCC[C@@H]12)OCc1ccccc1. The predicted molar refractivity (Wildman–Crippen MR) is 69.0 cm³/mol. The molecule has 0 saturated heterocycles. The van der Waals surface area contributed by atoms with Crippen LogP contribution in [0.5, 0.6) is 0 Å². The van der Waals surface area contributed by atoms with Crippen LogP contribution in [0.4, 0.5) is 4.79 Å². The van der Waals surface area contributed by atoms with E-state index >= 15 is 0 Å². The molecule has 3 atom stereocenters. The third-order valence-corrected chi connectivity index (χ3v) is 4.28. The Kier molecular flexibility index (Phi) is 3.22. The minimum absolute atomic E-state index is 0.288. The number of fused-ring (bicyclic) bond motifs is 1. The summed E-state index contributed by atoms with van der Waals surface area (Å²) >= 11 is 0. The number of carbonyl (C=O) groups is 1. The number of amides is 1. The van der Waals surface area contributed by atoms with Crippen LogP contribution >= 0.6 is 0 Å². The van der Waals surface area contributed by atoms with Crippen LogP contribution in [-0.2, 0) is 11.3 Å². The quantitative estimate of drug-likeness (QED) is 0.885. The average Bonchev–Trinajstić information content (AvgIpc) is 2.84. The van der Waals surface area contributed by atoms with Crippen molar-refractivity contribution in [2.24, 2.45) is 17.8 Å². The topological polar surface area (TPSA) is 38.3 Å². The standard InChI is InChI=1S/C15H19NO2/c17-15(18-10-11-5-2-1-3-6-11)16-9-14-12-7-4-8-13(12)14/h1-3,5-6,12-14H,4,7-10H2,(H,16,17)/t12-,13+,14?. The molecule has 2 aliphatic rings. The number of hydrogen-bond donors (Lipinski definition) is 1. The lowest BCUT2D eigenvalue weighted by atomic mass is 10.1. The summed E-state index contributed by atoms with van der Waals surface area (Å²) in [5, 5.41) is 2.88. The molecule has 0 aromatic heterocycles. The summed E-state index contributed by atoms with van der Waals surface area (Å²) < 4.78 is 5.18. The lowest BCUT2D eigenvalue weighted by molar-refractivity contribution is 0.139. The van der Waals surface area contributed by atoms with E-state index in [0.717, 1.165) is 29.9 Å². The first kappa shape index (κ1) is 11.6. The van der Waals surface area contributed by atoms with Gasteiger partial charge in [-0.1, -0.05) is 36.8 Å². The van der Waals surface area contributed by atoms with Crippen LogP contribution in [-0.4, -0.2) is 12.6 Å². The molecule has 2 aliphatic carbocycles. The van der Waals surface area contributed by atoms with E-state index in [2.05, 4.69) is 5.32 Å². The molecule has 0 bridgehead atoms. The predicted octanol–water partition coefficient (Wildman–Crippen LogP) is 2.96. The van der Waals surface area contributed by atoms with Gasteiger partial charge in [-0.25, -0.2) is 4.79 Å². The monoisotopic (exact) mass is 245 g/mol. The second-order valence-corrected chi connectivity index (χ2v) is 5.37. The van der Waals surface area contributed by atoms with Gasteiger partial charge in [-0.3, -0.25) is 0 Å². The lowest BCUT2D eigenvalue weighted by Gasteiger charge is -2.08. The largest absolute Gasteiger partial charge is 0.445 e. The van der Waals surface area contributed by atoms with E-state index < -0.39 is 0 Å². The van der Waals surface area contributed by atoms with Crippen LogP contribution < -0.4 is 5.32 Å². The summed E-state index contributed by atoms with van der Waals surface area (Å²) in [6.45, 7) is 1.15. The molecule has 2 fully saturated rings. The van der Waals surface area contributed by atoms with Crippen LogP contribution in [0.2, 0.25) is 0 Å². The fourth-order valence-electron chi connectivity index (χ4n) is 3.25. The van der Waals surface area contributed by atoms with Gasteiger partial charge in [0.1, 0.15) is 6.61 Å². The van der Waals surface area contributed by atoms with Crippen molar-refractivity contribution in [2.75, 3.05) is 6.54 Å². The maximum Gasteiger partial charge on any atom is 0.407 e. The Balaban J connectivity index is 1.35. The highest BCUT2D eigenvalue weighted by atomic mass is 16.5. The van der Waals surface area contributed by atoms with Crippen molar-refractivity contribution in [2.45, 2.75) is 25.9 Å². The van der Waals surface area contributed by atoms with Gasteiger partial charge in [0, 0.05) is 6.54 Å². The van der Waals surface area contributed by atoms with Crippen molar-refractivity contribution < 1.29 is 9.53 Å². The molecule has 1 aromatic carbocycles. The molecular weight excluding hydrogens is 226 g/mol. The maximum atomic E-state index is 11.5. The van der Waals surface area contributed by atoms with Crippen LogP contribution in [0.25, 0.3) is 0 Å².